The molecule has 0 aliphatic carbocycles. The average molecular weight is 362 g/mol. The second kappa shape index (κ2) is 8.20. The van der Waals surface area contributed by atoms with Crippen LogP contribution in [0.4, 0.5) is 5.69 Å². The first-order valence-corrected chi connectivity index (χ1v) is 8.51. The van der Waals surface area contributed by atoms with E-state index < -0.39 is 0 Å². The molecule has 1 atom stereocenters. The Balaban J connectivity index is 2.08. The summed E-state index contributed by atoms with van der Waals surface area (Å²) in [7, 11) is 3.24. The number of aromatic nitrogens is 2. The van der Waals surface area contributed by atoms with Gasteiger partial charge in [-0.3, -0.25) is 4.68 Å². The number of rotatable bonds is 6. The standard InChI is InChI=1S/C18H26N4O2S/c1-18(2,3)16(12-22-10-6-9-19-22)21-17(25)20-14-8-7-13(23-4)11-15(14)24-5/h6-11,16H,12H2,1-5H3,(H2,20,21,25). The molecule has 1 aromatic heterocycles. The smallest absolute Gasteiger partial charge is 0.171 e. The minimum absolute atomic E-state index is 0.00167. The molecule has 2 rings (SSSR count). The van der Waals surface area contributed by atoms with Crippen LogP contribution >= 0.6 is 12.2 Å². The van der Waals surface area contributed by atoms with Crippen molar-refractivity contribution in [2.75, 3.05) is 19.5 Å². The van der Waals surface area contributed by atoms with E-state index >= 15 is 0 Å². The van der Waals surface area contributed by atoms with Crippen molar-refractivity contribution in [1.82, 2.24) is 15.1 Å². The SMILES string of the molecule is COc1ccc(NC(=S)NC(Cn2cccn2)C(C)(C)C)c(OC)c1. The highest BCUT2D eigenvalue weighted by Crippen LogP contribution is 2.29. The topological polar surface area (TPSA) is 60.3 Å². The Labute approximate surface area is 154 Å². The van der Waals surface area contributed by atoms with Gasteiger partial charge in [-0.1, -0.05) is 20.8 Å². The van der Waals surface area contributed by atoms with Crippen LogP contribution in [0.15, 0.2) is 36.7 Å². The third kappa shape index (κ3) is 5.35. The molecule has 1 unspecified atom stereocenters. The molecule has 1 aromatic carbocycles. The van der Waals surface area contributed by atoms with Gasteiger partial charge in [0.25, 0.3) is 0 Å². The van der Waals surface area contributed by atoms with Crippen molar-refractivity contribution in [2.24, 2.45) is 5.41 Å². The summed E-state index contributed by atoms with van der Waals surface area (Å²) in [5.74, 6) is 1.40. The molecule has 0 amide bonds. The first-order chi connectivity index (χ1) is 11.8. The molecule has 136 valence electrons. The molecule has 6 nitrogen and oxygen atoms in total. The maximum atomic E-state index is 5.51. The van der Waals surface area contributed by atoms with E-state index in [9.17, 15) is 0 Å². The van der Waals surface area contributed by atoms with E-state index in [1.54, 1.807) is 20.4 Å². The number of hydrogen-bond acceptors (Lipinski definition) is 4. The van der Waals surface area contributed by atoms with Gasteiger partial charge in [-0.05, 0) is 35.8 Å². The summed E-state index contributed by atoms with van der Waals surface area (Å²) in [4.78, 5) is 0. The minimum Gasteiger partial charge on any atom is -0.497 e. The highest BCUT2D eigenvalue weighted by Gasteiger charge is 2.26. The lowest BCUT2D eigenvalue weighted by molar-refractivity contribution is 0.262. The van der Waals surface area contributed by atoms with Gasteiger partial charge in [0.2, 0.25) is 0 Å². The fourth-order valence-corrected chi connectivity index (χ4v) is 2.60. The Hall–Kier alpha value is -2.28. The maximum absolute atomic E-state index is 5.51. The normalized spacial score (nSPS) is 12.4. The highest BCUT2D eigenvalue weighted by atomic mass is 32.1. The van der Waals surface area contributed by atoms with Crippen LogP contribution in [0.2, 0.25) is 0 Å². The highest BCUT2D eigenvalue weighted by molar-refractivity contribution is 7.80. The number of hydrogen-bond donors (Lipinski definition) is 2. The lowest BCUT2D eigenvalue weighted by Gasteiger charge is -2.32. The van der Waals surface area contributed by atoms with Crippen molar-refractivity contribution in [2.45, 2.75) is 33.4 Å². The monoisotopic (exact) mass is 362 g/mol. The lowest BCUT2D eigenvalue weighted by atomic mass is 9.87. The minimum atomic E-state index is 0.00167. The van der Waals surface area contributed by atoms with Gasteiger partial charge >= 0.3 is 0 Å². The van der Waals surface area contributed by atoms with Crippen molar-refractivity contribution in [3.05, 3.63) is 36.7 Å². The van der Waals surface area contributed by atoms with Crippen LogP contribution in [-0.2, 0) is 6.54 Å². The Morgan fingerprint density at radius 3 is 2.60 bits per heavy atom. The van der Waals surface area contributed by atoms with Crippen LogP contribution in [0.5, 0.6) is 11.5 Å². The number of nitrogens with one attached hydrogen (secondary N) is 2. The van der Waals surface area contributed by atoms with Gasteiger partial charge in [-0.15, -0.1) is 0 Å². The number of anilines is 1. The zero-order valence-corrected chi connectivity index (χ0v) is 16.2. The third-order valence-electron chi connectivity index (χ3n) is 3.94. The van der Waals surface area contributed by atoms with Gasteiger partial charge in [0.05, 0.1) is 32.5 Å². The average Bonchev–Trinajstić information content (AvgIpc) is 3.07. The van der Waals surface area contributed by atoms with E-state index in [-0.39, 0.29) is 11.5 Å². The zero-order chi connectivity index (χ0) is 18.4. The quantitative estimate of drug-likeness (QED) is 0.769. The van der Waals surface area contributed by atoms with Gasteiger partial charge in [-0.2, -0.15) is 5.10 Å². The number of nitrogens with zero attached hydrogens (tertiary/aromatic N) is 2. The van der Waals surface area contributed by atoms with E-state index in [2.05, 4.69) is 36.5 Å². The Kier molecular flexibility index (Phi) is 6.25. The summed E-state index contributed by atoms with van der Waals surface area (Å²) in [5.41, 5.74) is 0.786. The summed E-state index contributed by atoms with van der Waals surface area (Å²) in [6.07, 6.45) is 3.72. The molecule has 0 saturated heterocycles. The predicted molar refractivity (Wildman–Crippen MR) is 104 cm³/mol. The van der Waals surface area contributed by atoms with E-state index in [0.29, 0.717) is 10.9 Å². The van der Waals surface area contributed by atoms with Crippen LogP contribution < -0.4 is 20.1 Å². The van der Waals surface area contributed by atoms with E-state index in [1.807, 2.05) is 35.1 Å². The fraction of sp³-hybridized carbons (Fsp3) is 0.444. The van der Waals surface area contributed by atoms with Crippen LogP contribution in [0, 0.1) is 5.41 Å². The molecule has 2 N–H and O–H groups in total. The molecule has 0 fully saturated rings. The summed E-state index contributed by atoms with van der Waals surface area (Å²) in [6, 6.07) is 7.58. The fourth-order valence-electron chi connectivity index (χ4n) is 2.35. The number of ether oxygens (including phenoxy) is 2. The van der Waals surface area contributed by atoms with E-state index in [1.165, 1.54) is 0 Å². The molecule has 0 aliphatic rings. The lowest BCUT2D eigenvalue weighted by Crippen LogP contribution is -2.48. The van der Waals surface area contributed by atoms with Gasteiger partial charge in [0.15, 0.2) is 5.11 Å². The summed E-state index contributed by atoms with van der Waals surface area (Å²) < 4.78 is 12.5. The maximum Gasteiger partial charge on any atom is 0.171 e. The van der Waals surface area contributed by atoms with Gasteiger partial charge < -0.3 is 20.1 Å². The van der Waals surface area contributed by atoms with E-state index in [4.69, 9.17) is 21.7 Å². The molecule has 0 radical (unpaired) electrons. The number of thiocarbonyl (C=S) groups is 1. The van der Waals surface area contributed by atoms with Crippen LogP contribution in [-0.4, -0.2) is 35.2 Å². The summed E-state index contributed by atoms with van der Waals surface area (Å²) in [6.45, 7) is 7.23. The molecule has 25 heavy (non-hydrogen) atoms. The second-order valence-corrected chi connectivity index (χ2v) is 7.22. The van der Waals surface area contributed by atoms with Crippen LogP contribution in [0.3, 0.4) is 0 Å². The summed E-state index contributed by atoms with van der Waals surface area (Å²) >= 11 is 5.51. The first-order valence-electron chi connectivity index (χ1n) is 8.10. The zero-order valence-electron chi connectivity index (χ0n) is 15.4. The first kappa shape index (κ1) is 19.1. The molecule has 7 heteroatoms. The number of benzene rings is 1. The Morgan fingerprint density at radius 1 is 1.28 bits per heavy atom. The molecular formula is C18H26N4O2S. The Bertz CT molecular complexity index is 696. The Morgan fingerprint density at radius 2 is 2.04 bits per heavy atom. The third-order valence-corrected chi connectivity index (χ3v) is 4.16. The molecular weight excluding hydrogens is 336 g/mol. The summed E-state index contributed by atoms with van der Waals surface area (Å²) in [5, 5.41) is 11.4. The van der Waals surface area contributed by atoms with Crippen molar-refractivity contribution < 1.29 is 9.47 Å². The molecule has 0 spiro atoms. The molecule has 2 aromatic rings. The van der Waals surface area contributed by atoms with Crippen molar-refractivity contribution in [1.29, 1.82) is 0 Å². The molecule has 0 saturated carbocycles. The van der Waals surface area contributed by atoms with Crippen molar-refractivity contribution in [3.63, 3.8) is 0 Å². The van der Waals surface area contributed by atoms with Crippen molar-refractivity contribution >= 4 is 23.0 Å². The molecule has 1 heterocycles. The molecule has 0 aliphatic heterocycles. The number of methoxy groups -OCH3 is 2. The second-order valence-electron chi connectivity index (χ2n) is 6.81. The van der Waals surface area contributed by atoms with Gasteiger partial charge in [0, 0.05) is 18.5 Å². The molecule has 0 bridgehead atoms. The van der Waals surface area contributed by atoms with Crippen LogP contribution in [0.1, 0.15) is 20.8 Å². The largest absolute Gasteiger partial charge is 0.497 e. The predicted octanol–water partition coefficient (Wildman–Crippen LogP) is 3.30. The van der Waals surface area contributed by atoms with Gasteiger partial charge in [-0.25, -0.2) is 0 Å². The van der Waals surface area contributed by atoms with Crippen LogP contribution in [0.25, 0.3) is 0 Å². The van der Waals surface area contributed by atoms with E-state index in [0.717, 1.165) is 18.0 Å². The van der Waals surface area contributed by atoms with Gasteiger partial charge in [0.1, 0.15) is 11.5 Å². The van der Waals surface area contributed by atoms with Crippen molar-refractivity contribution in [3.8, 4) is 11.5 Å².